The third-order valence-electron chi connectivity index (χ3n) is 4.37. The van der Waals surface area contributed by atoms with Crippen molar-refractivity contribution in [2.24, 2.45) is 0 Å². The molecule has 1 aromatic heterocycles. The van der Waals surface area contributed by atoms with Gasteiger partial charge < -0.3 is 10.6 Å². The normalized spacial score (nSPS) is 11.2. The maximum Gasteiger partial charge on any atom is 0.418 e. The first kappa shape index (κ1) is 23.4. The number of nitrogens with one attached hydrogen (secondary N) is 2. The molecule has 0 aliphatic rings. The summed E-state index contributed by atoms with van der Waals surface area (Å²) in [7, 11) is 0. The fourth-order valence-corrected chi connectivity index (χ4v) is 2.81. The Bertz CT molecular complexity index is 1210. The second-order valence-corrected chi connectivity index (χ2v) is 6.71. The van der Waals surface area contributed by atoms with Crippen LogP contribution < -0.4 is 10.6 Å². The second kappa shape index (κ2) is 9.46. The lowest BCUT2D eigenvalue weighted by Gasteiger charge is -2.16. The fraction of sp³-hybridized carbons (Fsp3) is 0.150. The van der Waals surface area contributed by atoms with Crippen LogP contribution in [0.4, 0.5) is 34.6 Å². The molecule has 0 radical (unpaired) electrons. The summed E-state index contributed by atoms with van der Waals surface area (Å²) in [6, 6.07) is 7.68. The number of nitrogens with zero attached hydrogens (tertiary/aromatic N) is 3. The number of amides is 2. The van der Waals surface area contributed by atoms with Crippen LogP contribution in [0.15, 0.2) is 54.9 Å². The van der Waals surface area contributed by atoms with Crippen LogP contribution in [0.3, 0.4) is 0 Å². The number of benzene rings is 2. The number of carbonyl (C=O) groups is 2. The third-order valence-corrected chi connectivity index (χ3v) is 4.37. The summed E-state index contributed by atoms with van der Waals surface area (Å²) in [6.07, 6.45) is -3.11. The number of rotatable bonds is 7. The number of alkyl halides is 3. The van der Waals surface area contributed by atoms with E-state index in [-0.39, 0.29) is 29.9 Å². The van der Waals surface area contributed by atoms with Crippen molar-refractivity contribution in [2.75, 3.05) is 10.6 Å². The number of carbonyl (C=O) groups excluding carboxylic acids is 2. The van der Waals surface area contributed by atoms with Gasteiger partial charge in [-0.25, -0.2) is 4.39 Å². The van der Waals surface area contributed by atoms with Gasteiger partial charge in [0, 0.05) is 18.7 Å². The molecule has 0 bridgehead atoms. The van der Waals surface area contributed by atoms with E-state index in [1.54, 1.807) is 0 Å². The number of aryl methyl sites for hydroxylation is 1. The molecule has 9 nitrogen and oxygen atoms in total. The molecule has 0 atom stereocenters. The molecule has 2 N–H and O–H groups in total. The Morgan fingerprint density at radius 1 is 1.12 bits per heavy atom. The van der Waals surface area contributed by atoms with Crippen molar-refractivity contribution in [3.05, 3.63) is 81.9 Å². The first-order valence-corrected chi connectivity index (χ1v) is 9.28. The minimum absolute atomic E-state index is 0.0994. The van der Waals surface area contributed by atoms with Gasteiger partial charge in [-0.05, 0) is 30.3 Å². The van der Waals surface area contributed by atoms with Crippen LogP contribution in [0.5, 0.6) is 0 Å². The number of nitro groups is 1. The Hall–Kier alpha value is -4.29. The minimum Gasteiger partial charge on any atom is -0.325 e. The van der Waals surface area contributed by atoms with Gasteiger partial charge >= 0.3 is 11.9 Å². The van der Waals surface area contributed by atoms with Crippen molar-refractivity contribution in [1.29, 1.82) is 0 Å². The minimum atomic E-state index is -4.87. The van der Waals surface area contributed by atoms with E-state index in [1.165, 1.54) is 18.2 Å². The van der Waals surface area contributed by atoms with Gasteiger partial charge in [-0.3, -0.25) is 24.4 Å². The Morgan fingerprint density at radius 2 is 1.85 bits per heavy atom. The number of hydrogen-bond donors (Lipinski definition) is 2. The Labute approximate surface area is 183 Å². The van der Waals surface area contributed by atoms with Crippen LogP contribution in [0, 0.1) is 15.9 Å². The van der Waals surface area contributed by atoms with Gasteiger partial charge in [-0.2, -0.15) is 18.3 Å². The summed E-state index contributed by atoms with van der Waals surface area (Å²) >= 11 is 0. The maximum absolute atomic E-state index is 13.7. The Morgan fingerprint density at radius 3 is 2.48 bits per heavy atom. The summed E-state index contributed by atoms with van der Waals surface area (Å²) in [6.45, 7) is -0.0994. The van der Waals surface area contributed by atoms with Crippen LogP contribution in [0.25, 0.3) is 0 Å². The van der Waals surface area contributed by atoms with E-state index in [1.807, 2.05) is 0 Å². The van der Waals surface area contributed by atoms with Crippen molar-refractivity contribution in [3.63, 3.8) is 0 Å². The molecular formula is C20H15F4N5O4. The smallest absolute Gasteiger partial charge is 0.325 e. The van der Waals surface area contributed by atoms with Crippen LogP contribution in [0.1, 0.15) is 22.3 Å². The van der Waals surface area contributed by atoms with Crippen molar-refractivity contribution in [1.82, 2.24) is 9.78 Å². The van der Waals surface area contributed by atoms with Gasteiger partial charge in [0.1, 0.15) is 18.2 Å². The molecule has 0 unspecified atom stereocenters. The van der Waals surface area contributed by atoms with Crippen LogP contribution in [-0.4, -0.2) is 26.5 Å². The molecule has 3 rings (SSSR count). The molecular weight excluding hydrogens is 450 g/mol. The first-order chi connectivity index (χ1) is 15.5. The zero-order valence-corrected chi connectivity index (χ0v) is 16.6. The molecule has 0 saturated carbocycles. The highest BCUT2D eigenvalue weighted by atomic mass is 19.4. The highest BCUT2D eigenvalue weighted by molar-refractivity contribution is 6.04. The molecule has 0 aliphatic heterocycles. The average Bonchev–Trinajstić information content (AvgIpc) is 3.22. The molecule has 0 saturated heterocycles. The zero-order valence-electron chi connectivity index (χ0n) is 16.6. The number of hydrogen-bond acceptors (Lipinski definition) is 5. The van der Waals surface area contributed by atoms with Crippen molar-refractivity contribution < 1.29 is 32.1 Å². The monoisotopic (exact) mass is 465 g/mol. The number of halogens is 4. The number of aromatic nitrogens is 2. The lowest BCUT2D eigenvalue weighted by Crippen LogP contribution is -2.19. The lowest BCUT2D eigenvalue weighted by atomic mass is 10.1. The first-order valence-electron chi connectivity index (χ1n) is 9.28. The van der Waals surface area contributed by atoms with Gasteiger partial charge in [0.05, 0.1) is 21.7 Å². The van der Waals surface area contributed by atoms with Crippen molar-refractivity contribution in [2.45, 2.75) is 19.1 Å². The molecule has 0 spiro atoms. The number of anilines is 2. The highest BCUT2D eigenvalue weighted by Gasteiger charge is 2.34. The van der Waals surface area contributed by atoms with Crippen molar-refractivity contribution in [3.8, 4) is 0 Å². The Balaban J connectivity index is 1.72. The maximum atomic E-state index is 13.7. The third kappa shape index (κ3) is 5.90. The van der Waals surface area contributed by atoms with Gasteiger partial charge in [0.2, 0.25) is 5.91 Å². The van der Waals surface area contributed by atoms with Crippen LogP contribution >= 0.6 is 0 Å². The van der Waals surface area contributed by atoms with Crippen LogP contribution in [-0.2, 0) is 17.5 Å². The predicted octanol–water partition coefficient (Wildman–Crippen LogP) is 4.23. The predicted molar refractivity (Wildman–Crippen MR) is 108 cm³/mol. The largest absolute Gasteiger partial charge is 0.418 e. The SMILES string of the molecule is O=C(CCn1cc([N+](=O)[O-])cn1)Nc1ccc(NC(=O)c2ccccc2F)cc1C(F)(F)F. The molecule has 2 amide bonds. The van der Waals surface area contributed by atoms with Crippen molar-refractivity contribution >= 4 is 28.9 Å². The van der Waals surface area contributed by atoms with E-state index in [4.69, 9.17) is 0 Å². The van der Waals surface area contributed by atoms with Gasteiger partial charge in [-0.1, -0.05) is 12.1 Å². The van der Waals surface area contributed by atoms with Gasteiger partial charge in [0.25, 0.3) is 5.91 Å². The van der Waals surface area contributed by atoms with Gasteiger partial charge in [0.15, 0.2) is 0 Å². The quantitative estimate of drug-likeness (QED) is 0.308. The average molecular weight is 465 g/mol. The molecule has 172 valence electrons. The summed E-state index contributed by atoms with van der Waals surface area (Å²) in [4.78, 5) is 34.3. The molecule has 2 aromatic carbocycles. The van der Waals surface area contributed by atoms with E-state index >= 15 is 0 Å². The van der Waals surface area contributed by atoms with E-state index in [9.17, 15) is 37.3 Å². The molecule has 13 heteroatoms. The summed E-state index contributed by atoms with van der Waals surface area (Å²) in [5.74, 6) is -2.56. The zero-order chi connectivity index (χ0) is 24.2. The lowest BCUT2D eigenvalue weighted by molar-refractivity contribution is -0.385. The van der Waals surface area contributed by atoms with E-state index in [2.05, 4.69) is 15.7 Å². The molecule has 33 heavy (non-hydrogen) atoms. The molecule has 3 aromatic rings. The van der Waals surface area contributed by atoms with E-state index in [0.717, 1.165) is 35.3 Å². The molecule has 1 heterocycles. The van der Waals surface area contributed by atoms with E-state index < -0.39 is 40.0 Å². The Kier molecular flexibility index (Phi) is 6.70. The summed E-state index contributed by atoms with van der Waals surface area (Å²) in [5.41, 5.74) is -2.66. The van der Waals surface area contributed by atoms with Gasteiger partial charge in [-0.15, -0.1) is 0 Å². The summed E-state index contributed by atoms with van der Waals surface area (Å²) in [5, 5.41) is 18.7. The summed E-state index contributed by atoms with van der Waals surface area (Å²) < 4.78 is 55.4. The molecule has 0 aliphatic carbocycles. The topological polar surface area (TPSA) is 119 Å². The highest BCUT2D eigenvalue weighted by Crippen LogP contribution is 2.36. The fourth-order valence-electron chi connectivity index (χ4n) is 2.81. The van der Waals surface area contributed by atoms with E-state index in [0.29, 0.717) is 6.07 Å². The standard InChI is InChI=1S/C20H15F4N5O4/c21-16-4-2-1-3-14(16)19(31)26-12-5-6-17(15(9-12)20(22,23)24)27-18(30)7-8-28-11-13(10-25-28)29(32)33/h1-6,9-11H,7-8H2,(H,26,31)(H,27,30). The second-order valence-electron chi connectivity index (χ2n) is 6.71. The molecule has 0 fully saturated rings. The van der Waals surface area contributed by atoms with Crippen LogP contribution in [0.2, 0.25) is 0 Å².